The molecule has 1 saturated carbocycles. The third-order valence-corrected chi connectivity index (χ3v) is 5.24. The molecule has 1 saturated heterocycles. The van der Waals surface area contributed by atoms with Gasteiger partial charge in [0.15, 0.2) is 0 Å². The molecule has 2 fully saturated rings. The average molecular weight is 302 g/mol. The zero-order valence-electron chi connectivity index (χ0n) is 10.6. The number of hydrogen-bond donors (Lipinski definition) is 0. The van der Waals surface area contributed by atoms with Crippen molar-refractivity contribution < 1.29 is 9.59 Å². The SMILES string of the molecule is CC1(C)CC(=O)N(CC2(CBr)CCC2)C(=O)C1. The molecule has 0 N–H and O–H groups in total. The lowest BCUT2D eigenvalue weighted by Gasteiger charge is -2.45. The van der Waals surface area contributed by atoms with E-state index in [0.29, 0.717) is 19.4 Å². The molecule has 1 aliphatic heterocycles. The predicted octanol–water partition coefficient (Wildman–Crippen LogP) is 2.73. The molecule has 0 aromatic heterocycles. The van der Waals surface area contributed by atoms with Gasteiger partial charge in [0, 0.05) is 24.7 Å². The van der Waals surface area contributed by atoms with Crippen molar-refractivity contribution in [2.45, 2.75) is 46.0 Å². The predicted molar refractivity (Wildman–Crippen MR) is 69.8 cm³/mol. The minimum Gasteiger partial charge on any atom is -0.282 e. The Balaban J connectivity index is 2.06. The highest BCUT2D eigenvalue weighted by Gasteiger charge is 2.44. The summed E-state index contributed by atoms with van der Waals surface area (Å²) in [5.74, 6) is 0.0250. The van der Waals surface area contributed by atoms with Gasteiger partial charge in [0.2, 0.25) is 11.8 Å². The number of hydrogen-bond acceptors (Lipinski definition) is 2. The summed E-state index contributed by atoms with van der Waals surface area (Å²) in [6.07, 6.45) is 4.46. The second-order valence-corrected chi connectivity index (χ2v) is 6.94. The number of carbonyl (C=O) groups is 2. The van der Waals surface area contributed by atoms with Crippen molar-refractivity contribution in [1.29, 1.82) is 0 Å². The van der Waals surface area contributed by atoms with Crippen LogP contribution in [0, 0.1) is 10.8 Å². The first-order valence-corrected chi connectivity index (χ1v) is 7.39. The fourth-order valence-corrected chi connectivity index (χ4v) is 3.47. The third-order valence-electron chi connectivity index (χ3n) is 4.05. The number of halogens is 1. The number of rotatable bonds is 3. The second kappa shape index (κ2) is 4.38. The smallest absolute Gasteiger partial charge is 0.229 e. The van der Waals surface area contributed by atoms with E-state index in [-0.39, 0.29) is 22.6 Å². The van der Waals surface area contributed by atoms with Crippen LogP contribution in [0.3, 0.4) is 0 Å². The summed E-state index contributed by atoms with van der Waals surface area (Å²) in [4.78, 5) is 25.6. The first-order chi connectivity index (χ1) is 7.87. The quantitative estimate of drug-likeness (QED) is 0.594. The van der Waals surface area contributed by atoms with Crippen molar-refractivity contribution >= 4 is 27.7 Å². The summed E-state index contributed by atoms with van der Waals surface area (Å²) >= 11 is 3.52. The molecule has 3 nitrogen and oxygen atoms in total. The molecule has 4 heteroatoms. The fraction of sp³-hybridized carbons (Fsp3) is 0.846. The van der Waals surface area contributed by atoms with E-state index >= 15 is 0 Å². The molecule has 2 rings (SSSR count). The maximum atomic E-state index is 12.0. The van der Waals surface area contributed by atoms with Crippen LogP contribution < -0.4 is 0 Å². The maximum absolute atomic E-state index is 12.0. The van der Waals surface area contributed by atoms with Gasteiger partial charge in [0.25, 0.3) is 0 Å². The lowest BCUT2D eigenvalue weighted by Crippen LogP contribution is -2.52. The third kappa shape index (κ3) is 2.56. The van der Waals surface area contributed by atoms with Gasteiger partial charge >= 0.3 is 0 Å². The van der Waals surface area contributed by atoms with Gasteiger partial charge in [-0.1, -0.05) is 36.2 Å². The fourth-order valence-electron chi connectivity index (χ4n) is 2.73. The second-order valence-electron chi connectivity index (χ2n) is 6.38. The largest absolute Gasteiger partial charge is 0.282 e. The van der Waals surface area contributed by atoms with Gasteiger partial charge in [0.05, 0.1) is 0 Å². The number of piperidine rings is 1. The highest BCUT2D eigenvalue weighted by atomic mass is 79.9. The van der Waals surface area contributed by atoms with Crippen molar-refractivity contribution in [3.63, 3.8) is 0 Å². The molecule has 2 amide bonds. The number of likely N-dealkylation sites (tertiary alicyclic amines) is 1. The standard InChI is InChI=1S/C13H20BrNO2/c1-12(2)6-10(16)15(11(17)7-12)9-13(8-14)4-3-5-13/h3-9H2,1-2H3. The summed E-state index contributed by atoms with van der Waals surface area (Å²) in [6, 6.07) is 0. The molecular weight excluding hydrogens is 282 g/mol. The van der Waals surface area contributed by atoms with Crippen molar-refractivity contribution in [1.82, 2.24) is 4.90 Å². The van der Waals surface area contributed by atoms with Gasteiger partial charge in [-0.2, -0.15) is 0 Å². The number of nitrogens with zero attached hydrogens (tertiary/aromatic N) is 1. The Hall–Kier alpha value is -0.380. The Morgan fingerprint density at radius 3 is 2.06 bits per heavy atom. The Morgan fingerprint density at radius 1 is 1.18 bits per heavy atom. The van der Waals surface area contributed by atoms with Crippen LogP contribution in [0.1, 0.15) is 46.0 Å². The zero-order chi connectivity index (χ0) is 12.7. The molecule has 1 aliphatic carbocycles. The van der Waals surface area contributed by atoms with E-state index in [1.165, 1.54) is 11.3 Å². The summed E-state index contributed by atoms with van der Waals surface area (Å²) < 4.78 is 0. The molecule has 0 unspecified atom stereocenters. The molecule has 96 valence electrons. The minimum absolute atomic E-state index is 0.0125. The van der Waals surface area contributed by atoms with E-state index in [0.717, 1.165) is 18.2 Å². The molecule has 2 aliphatic rings. The van der Waals surface area contributed by atoms with Gasteiger partial charge in [-0.3, -0.25) is 14.5 Å². The minimum atomic E-state index is -0.161. The van der Waals surface area contributed by atoms with E-state index in [9.17, 15) is 9.59 Å². The first kappa shape index (κ1) is 13.1. The Kier molecular flexibility index (Phi) is 3.36. The van der Waals surface area contributed by atoms with Gasteiger partial charge in [-0.15, -0.1) is 0 Å². The van der Waals surface area contributed by atoms with Crippen LogP contribution in [0.2, 0.25) is 0 Å². The van der Waals surface area contributed by atoms with Crippen molar-refractivity contribution in [3.8, 4) is 0 Å². The van der Waals surface area contributed by atoms with Crippen LogP contribution in [-0.2, 0) is 9.59 Å². The topological polar surface area (TPSA) is 37.4 Å². The molecular formula is C13H20BrNO2. The van der Waals surface area contributed by atoms with E-state index in [1.807, 2.05) is 13.8 Å². The molecule has 1 heterocycles. The van der Waals surface area contributed by atoms with E-state index in [4.69, 9.17) is 0 Å². The van der Waals surface area contributed by atoms with Crippen LogP contribution in [0.25, 0.3) is 0 Å². The van der Waals surface area contributed by atoms with E-state index < -0.39 is 0 Å². The van der Waals surface area contributed by atoms with Crippen LogP contribution >= 0.6 is 15.9 Å². The van der Waals surface area contributed by atoms with Crippen LogP contribution in [0.15, 0.2) is 0 Å². The molecule has 0 bridgehead atoms. The number of amides is 2. The molecule has 0 aromatic carbocycles. The molecule has 0 aromatic rings. The van der Waals surface area contributed by atoms with Crippen molar-refractivity contribution in [2.75, 3.05) is 11.9 Å². The highest BCUT2D eigenvalue weighted by Crippen LogP contribution is 2.44. The van der Waals surface area contributed by atoms with Gasteiger partial charge in [-0.25, -0.2) is 0 Å². The van der Waals surface area contributed by atoms with Crippen LogP contribution in [-0.4, -0.2) is 28.6 Å². The normalized spacial score (nSPS) is 26.9. The lowest BCUT2D eigenvalue weighted by molar-refractivity contribution is -0.155. The Morgan fingerprint density at radius 2 is 1.71 bits per heavy atom. The molecule has 0 spiro atoms. The number of imide groups is 1. The molecule has 17 heavy (non-hydrogen) atoms. The maximum Gasteiger partial charge on any atom is 0.229 e. The number of alkyl halides is 1. The van der Waals surface area contributed by atoms with Gasteiger partial charge in [0.1, 0.15) is 0 Å². The Bertz CT molecular complexity index is 322. The lowest BCUT2D eigenvalue weighted by atomic mass is 9.69. The Labute approximate surface area is 111 Å². The van der Waals surface area contributed by atoms with Crippen LogP contribution in [0.4, 0.5) is 0 Å². The average Bonchev–Trinajstić information content (AvgIpc) is 2.13. The zero-order valence-corrected chi connectivity index (χ0v) is 12.2. The summed E-state index contributed by atoms with van der Waals surface area (Å²) in [5.41, 5.74) is -0.00134. The molecule has 0 atom stereocenters. The summed E-state index contributed by atoms with van der Waals surface area (Å²) in [5, 5.41) is 0.889. The van der Waals surface area contributed by atoms with Crippen molar-refractivity contribution in [2.24, 2.45) is 10.8 Å². The van der Waals surface area contributed by atoms with Gasteiger partial charge in [-0.05, 0) is 23.7 Å². The van der Waals surface area contributed by atoms with Gasteiger partial charge < -0.3 is 0 Å². The number of carbonyl (C=O) groups excluding carboxylic acids is 2. The highest BCUT2D eigenvalue weighted by molar-refractivity contribution is 9.09. The monoisotopic (exact) mass is 301 g/mol. The van der Waals surface area contributed by atoms with Crippen molar-refractivity contribution in [3.05, 3.63) is 0 Å². The van der Waals surface area contributed by atoms with Crippen LogP contribution in [0.5, 0.6) is 0 Å². The molecule has 0 radical (unpaired) electrons. The van der Waals surface area contributed by atoms with E-state index in [2.05, 4.69) is 15.9 Å². The summed E-state index contributed by atoms with van der Waals surface area (Å²) in [6.45, 7) is 4.60. The summed E-state index contributed by atoms with van der Waals surface area (Å²) in [7, 11) is 0. The van der Waals surface area contributed by atoms with E-state index in [1.54, 1.807) is 0 Å². The first-order valence-electron chi connectivity index (χ1n) is 6.27.